The van der Waals surface area contributed by atoms with Crippen LogP contribution in [0.5, 0.6) is 0 Å². The van der Waals surface area contributed by atoms with Crippen LogP contribution in [-0.4, -0.2) is 16.9 Å². The van der Waals surface area contributed by atoms with Gasteiger partial charge in [0.1, 0.15) is 0 Å². The second kappa shape index (κ2) is 9.32. The first-order chi connectivity index (χ1) is 13.9. The molecule has 0 fully saturated rings. The Morgan fingerprint density at radius 3 is 2.03 bits per heavy atom. The molecule has 0 aliphatic heterocycles. The van der Waals surface area contributed by atoms with Crippen LogP contribution in [0, 0.1) is 6.92 Å². The third kappa shape index (κ3) is 5.88. The first kappa shape index (κ1) is 20.5. The topological polar surface area (TPSA) is 70.2 Å². The molecule has 0 atom stereocenters. The molecule has 0 aromatic heterocycles. The predicted octanol–water partition coefficient (Wildman–Crippen LogP) is 5.03. The second-order valence-electron chi connectivity index (χ2n) is 6.32. The van der Waals surface area contributed by atoms with Crippen molar-refractivity contribution in [2.45, 2.75) is 6.92 Å². The van der Waals surface area contributed by atoms with Crippen molar-refractivity contribution in [3.8, 4) is 0 Å². The summed E-state index contributed by atoms with van der Waals surface area (Å²) in [4.78, 5) is 24.5. The van der Waals surface area contributed by atoms with Crippen molar-refractivity contribution >= 4 is 52.1 Å². The van der Waals surface area contributed by atoms with E-state index < -0.39 is 0 Å². The van der Waals surface area contributed by atoms with Gasteiger partial charge in [-0.15, -0.1) is 0 Å². The van der Waals surface area contributed by atoms with E-state index in [1.807, 2.05) is 25.1 Å². The number of amides is 2. The number of anilines is 2. The molecule has 0 saturated heterocycles. The van der Waals surface area contributed by atoms with Gasteiger partial charge in [-0.2, -0.15) is 0 Å². The van der Waals surface area contributed by atoms with Crippen molar-refractivity contribution < 1.29 is 9.59 Å². The highest BCUT2D eigenvalue weighted by Crippen LogP contribution is 2.15. The van der Waals surface area contributed by atoms with E-state index in [4.69, 9.17) is 23.8 Å². The fraction of sp³-hybridized carbons (Fsp3) is 0.0455. The summed E-state index contributed by atoms with van der Waals surface area (Å²) in [7, 11) is 0. The van der Waals surface area contributed by atoms with Crippen molar-refractivity contribution in [3.63, 3.8) is 0 Å². The number of hydrogen-bond donors (Lipinski definition) is 3. The SMILES string of the molecule is Cc1cccc(C(=O)Nc2ccc(NC(=S)NC(=O)c3ccc(Cl)cc3)cc2)c1. The van der Waals surface area contributed by atoms with Crippen LogP contribution in [0.2, 0.25) is 5.02 Å². The Hall–Kier alpha value is -3.22. The average molecular weight is 424 g/mol. The lowest BCUT2D eigenvalue weighted by Gasteiger charge is -2.11. The highest BCUT2D eigenvalue weighted by molar-refractivity contribution is 7.80. The quantitative estimate of drug-likeness (QED) is 0.515. The van der Waals surface area contributed by atoms with E-state index in [1.165, 1.54) is 0 Å². The van der Waals surface area contributed by atoms with Crippen molar-refractivity contribution in [2.75, 3.05) is 10.6 Å². The number of nitrogens with one attached hydrogen (secondary N) is 3. The lowest BCUT2D eigenvalue weighted by molar-refractivity contribution is 0.0976. The summed E-state index contributed by atoms with van der Waals surface area (Å²) < 4.78 is 0. The van der Waals surface area contributed by atoms with E-state index in [-0.39, 0.29) is 16.9 Å². The molecule has 0 aliphatic rings. The fourth-order valence-electron chi connectivity index (χ4n) is 2.57. The van der Waals surface area contributed by atoms with Gasteiger partial charge in [0, 0.05) is 27.5 Å². The molecule has 0 saturated carbocycles. The number of hydrogen-bond acceptors (Lipinski definition) is 3. The van der Waals surface area contributed by atoms with Gasteiger partial charge < -0.3 is 10.6 Å². The van der Waals surface area contributed by atoms with Crippen LogP contribution in [0.1, 0.15) is 26.3 Å². The van der Waals surface area contributed by atoms with E-state index in [9.17, 15) is 9.59 Å². The first-order valence-electron chi connectivity index (χ1n) is 8.77. The summed E-state index contributed by atoms with van der Waals surface area (Å²) >= 11 is 11.0. The second-order valence-corrected chi connectivity index (χ2v) is 7.16. The smallest absolute Gasteiger partial charge is 0.257 e. The van der Waals surface area contributed by atoms with Crippen LogP contribution < -0.4 is 16.0 Å². The molecule has 29 heavy (non-hydrogen) atoms. The van der Waals surface area contributed by atoms with Gasteiger partial charge in [0.05, 0.1) is 0 Å². The molecule has 0 spiro atoms. The van der Waals surface area contributed by atoms with Gasteiger partial charge in [0.15, 0.2) is 5.11 Å². The van der Waals surface area contributed by atoms with Crippen molar-refractivity contribution in [3.05, 3.63) is 94.5 Å². The van der Waals surface area contributed by atoms with Gasteiger partial charge >= 0.3 is 0 Å². The molecule has 7 heteroatoms. The van der Waals surface area contributed by atoms with Gasteiger partial charge in [-0.25, -0.2) is 0 Å². The number of thiocarbonyl (C=S) groups is 1. The molecule has 2 amide bonds. The Labute approximate surface area is 179 Å². The zero-order chi connectivity index (χ0) is 20.8. The highest BCUT2D eigenvalue weighted by Gasteiger charge is 2.09. The molecule has 3 aromatic rings. The van der Waals surface area contributed by atoms with Crippen molar-refractivity contribution in [1.29, 1.82) is 0 Å². The van der Waals surface area contributed by atoms with E-state index in [0.717, 1.165) is 5.56 Å². The zero-order valence-electron chi connectivity index (χ0n) is 15.5. The minimum absolute atomic E-state index is 0.168. The molecule has 3 N–H and O–H groups in total. The van der Waals surface area contributed by atoms with E-state index in [2.05, 4.69) is 16.0 Å². The summed E-state index contributed by atoms with van der Waals surface area (Å²) in [6, 6.07) is 20.9. The highest BCUT2D eigenvalue weighted by atomic mass is 35.5. The van der Waals surface area contributed by atoms with E-state index in [1.54, 1.807) is 54.6 Å². The number of rotatable bonds is 4. The largest absolute Gasteiger partial charge is 0.332 e. The summed E-state index contributed by atoms with van der Waals surface area (Å²) in [6.07, 6.45) is 0. The Balaban J connectivity index is 1.55. The molecule has 3 rings (SSSR count). The molecule has 3 aromatic carbocycles. The lowest BCUT2D eigenvalue weighted by atomic mass is 10.1. The minimum atomic E-state index is -0.332. The molecule has 146 valence electrons. The summed E-state index contributed by atoms with van der Waals surface area (Å²) in [5.41, 5.74) is 3.40. The van der Waals surface area contributed by atoms with Crippen molar-refractivity contribution in [2.24, 2.45) is 0 Å². The van der Waals surface area contributed by atoms with Crippen LogP contribution in [-0.2, 0) is 0 Å². The molecular weight excluding hydrogens is 406 g/mol. The third-order valence-corrected chi connectivity index (χ3v) is 4.47. The Morgan fingerprint density at radius 1 is 0.793 bits per heavy atom. The van der Waals surface area contributed by atoms with Crippen LogP contribution in [0.4, 0.5) is 11.4 Å². The lowest BCUT2D eigenvalue weighted by Crippen LogP contribution is -2.34. The minimum Gasteiger partial charge on any atom is -0.332 e. The van der Waals surface area contributed by atoms with Crippen molar-refractivity contribution in [1.82, 2.24) is 5.32 Å². The molecule has 5 nitrogen and oxygen atoms in total. The van der Waals surface area contributed by atoms with Crippen LogP contribution in [0.25, 0.3) is 0 Å². The van der Waals surface area contributed by atoms with Gasteiger partial charge in [-0.05, 0) is 79.8 Å². The molecule has 0 heterocycles. The third-order valence-electron chi connectivity index (χ3n) is 4.01. The fourth-order valence-corrected chi connectivity index (χ4v) is 2.90. The molecule has 0 bridgehead atoms. The molecular formula is C22H18ClN3O2S. The van der Waals surface area contributed by atoms with Gasteiger partial charge in [-0.3, -0.25) is 14.9 Å². The molecule has 0 aliphatic carbocycles. The van der Waals surface area contributed by atoms with Gasteiger partial charge in [0.25, 0.3) is 11.8 Å². The number of benzene rings is 3. The normalized spacial score (nSPS) is 10.1. The zero-order valence-corrected chi connectivity index (χ0v) is 17.1. The summed E-state index contributed by atoms with van der Waals surface area (Å²) in [6.45, 7) is 1.94. The average Bonchev–Trinajstić information content (AvgIpc) is 2.70. The first-order valence-corrected chi connectivity index (χ1v) is 9.55. The maximum atomic E-state index is 12.3. The number of carbonyl (C=O) groups excluding carboxylic acids is 2. The molecule has 0 unspecified atom stereocenters. The van der Waals surface area contributed by atoms with Gasteiger partial charge in [0.2, 0.25) is 0 Å². The predicted molar refractivity (Wildman–Crippen MR) is 121 cm³/mol. The number of halogens is 1. The van der Waals surface area contributed by atoms with E-state index in [0.29, 0.717) is 27.5 Å². The Kier molecular flexibility index (Phi) is 6.59. The van der Waals surface area contributed by atoms with Gasteiger partial charge in [-0.1, -0.05) is 29.3 Å². The monoisotopic (exact) mass is 423 g/mol. The maximum absolute atomic E-state index is 12.3. The molecule has 0 radical (unpaired) electrons. The maximum Gasteiger partial charge on any atom is 0.257 e. The standard InChI is InChI=1S/C22H18ClN3O2S/c1-14-3-2-4-16(13-14)21(28)24-18-9-11-19(12-10-18)25-22(29)26-20(27)15-5-7-17(23)8-6-15/h2-13H,1H3,(H,24,28)(H2,25,26,27,29). The number of carbonyl (C=O) groups is 2. The summed E-state index contributed by atoms with van der Waals surface area (Å²) in [5.74, 6) is -0.513. The van der Waals surface area contributed by atoms with Crippen LogP contribution in [0.3, 0.4) is 0 Å². The van der Waals surface area contributed by atoms with Crippen LogP contribution >= 0.6 is 23.8 Å². The Bertz CT molecular complexity index is 1050. The Morgan fingerprint density at radius 2 is 1.41 bits per heavy atom. The number of aryl methyl sites for hydroxylation is 1. The van der Waals surface area contributed by atoms with Crippen LogP contribution in [0.15, 0.2) is 72.8 Å². The van der Waals surface area contributed by atoms with E-state index >= 15 is 0 Å². The summed E-state index contributed by atoms with van der Waals surface area (Å²) in [5, 5.41) is 9.11.